The lowest BCUT2D eigenvalue weighted by Gasteiger charge is -2.34. The predicted molar refractivity (Wildman–Crippen MR) is 84.1 cm³/mol. The number of halogens is 1. The number of alkyl halides is 1. The summed E-state index contributed by atoms with van der Waals surface area (Å²) in [5.41, 5.74) is 1.75. The molecule has 1 amide bonds. The van der Waals surface area contributed by atoms with E-state index in [4.69, 9.17) is 11.6 Å². The zero-order valence-electron chi connectivity index (χ0n) is 12.4. The van der Waals surface area contributed by atoms with Crippen LogP contribution in [0.3, 0.4) is 0 Å². The quantitative estimate of drug-likeness (QED) is 0.750. The van der Waals surface area contributed by atoms with Gasteiger partial charge in [-0.25, -0.2) is 0 Å². The fourth-order valence-corrected chi connectivity index (χ4v) is 3.26. The van der Waals surface area contributed by atoms with Gasteiger partial charge in [-0.2, -0.15) is 0 Å². The van der Waals surface area contributed by atoms with Crippen LogP contribution in [0.15, 0.2) is 24.3 Å². The number of hydrogen-bond acceptors (Lipinski definition) is 1. The van der Waals surface area contributed by atoms with Gasteiger partial charge in [0.05, 0.1) is 0 Å². The molecule has 2 nitrogen and oxygen atoms in total. The van der Waals surface area contributed by atoms with Gasteiger partial charge in [-0.15, -0.1) is 11.6 Å². The van der Waals surface area contributed by atoms with Crippen molar-refractivity contribution in [3.8, 4) is 0 Å². The van der Waals surface area contributed by atoms with E-state index in [9.17, 15) is 4.79 Å². The second-order valence-corrected chi connectivity index (χ2v) is 6.10. The number of hydrogen-bond donors (Lipinski definition) is 0. The fraction of sp³-hybridized carbons (Fsp3) is 0.588. The molecule has 0 aromatic heterocycles. The van der Waals surface area contributed by atoms with Crippen LogP contribution in [0.25, 0.3) is 0 Å². The summed E-state index contributed by atoms with van der Waals surface area (Å²) in [6.07, 6.45) is 6.04. The molecule has 0 N–H and O–H groups in total. The van der Waals surface area contributed by atoms with E-state index in [1.165, 1.54) is 19.3 Å². The van der Waals surface area contributed by atoms with Crippen molar-refractivity contribution in [1.29, 1.82) is 0 Å². The third kappa shape index (κ3) is 3.54. The first kappa shape index (κ1) is 15.4. The molecule has 0 heterocycles. The van der Waals surface area contributed by atoms with E-state index < -0.39 is 0 Å². The van der Waals surface area contributed by atoms with E-state index in [1.54, 1.807) is 0 Å². The van der Waals surface area contributed by atoms with Crippen LogP contribution in [-0.2, 0) is 5.88 Å². The van der Waals surface area contributed by atoms with Crippen molar-refractivity contribution >= 4 is 17.5 Å². The molecule has 1 aromatic carbocycles. The van der Waals surface area contributed by atoms with Crippen molar-refractivity contribution in [3.05, 3.63) is 35.4 Å². The van der Waals surface area contributed by atoms with Gasteiger partial charge in [-0.05, 0) is 49.3 Å². The van der Waals surface area contributed by atoms with Gasteiger partial charge < -0.3 is 4.90 Å². The standard InChI is InChI=1S/C17H24ClNO/c1-3-13-7-9-16(10-8-13)19(2)17(20)15-6-4-5-14(11-15)12-18/h4-6,11,13,16H,3,7-10,12H2,1-2H3. The minimum atomic E-state index is 0.122. The van der Waals surface area contributed by atoms with Gasteiger partial charge in [0.1, 0.15) is 0 Å². The van der Waals surface area contributed by atoms with Gasteiger partial charge in [0.15, 0.2) is 0 Å². The van der Waals surface area contributed by atoms with E-state index in [0.29, 0.717) is 11.9 Å². The number of nitrogens with zero attached hydrogens (tertiary/aromatic N) is 1. The maximum atomic E-state index is 12.5. The molecule has 1 saturated carbocycles. The van der Waals surface area contributed by atoms with E-state index in [-0.39, 0.29) is 5.91 Å². The lowest BCUT2D eigenvalue weighted by Crippen LogP contribution is -2.39. The largest absolute Gasteiger partial charge is 0.339 e. The normalized spacial score (nSPS) is 22.6. The highest BCUT2D eigenvalue weighted by molar-refractivity contribution is 6.17. The lowest BCUT2D eigenvalue weighted by molar-refractivity contribution is 0.0674. The van der Waals surface area contributed by atoms with Gasteiger partial charge in [-0.3, -0.25) is 4.79 Å². The zero-order valence-corrected chi connectivity index (χ0v) is 13.2. The molecule has 0 aliphatic heterocycles. The monoisotopic (exact) mass is 293 g/mol. The van der Waals surface area contributed by atoms with Crippen molar-refractivity contribution in [1.82, 2.24) is 4.90 Å². The minimum Gasteiger partial charge on any atom is -0.339 e. The molecule has 1 aliphatic carbocycles. The molecule has 1 aromatic rings. The van der Waals surface area contributed by atoms with Gasteiger partial charge >= 0.3 is 0 Å². The second kappa shape index (κ2) is 7.12. The Morgan fingerprint density at radius 1 is 1.30 bits per heavy atom. The molecule has 1 fully saturated rings. The van der Waals surface area contributed by atoms with Gasteiger partial charge in [-0.1, -0.05) is 25.5 Å². The molecule has 0 saturated heterocycles. The van der Waals surface area contributed by atoms with Crippen molar-refractivity contribution in [2.24, 2.45) is 5.92 Å². The molecule has 110 valence electrons. The Bertz CT molecular complexity index is 452. The number of rotatable bonds is 4. The lowest BCUT2D eigenvalue weighted by atomic mass is 9.84. The predicted octanol–water partition coefficient (Wildman–Crippen LogP) is 4.47. The summed E-state index contributed by atoms with van der Waals surface area (Å²) in [7, 11) is 1.94. The summed E-state index contributed by atoms with van der Waals surface area (Å²) in [6.45, 7) is 2.26. The van der Waals surface area contributed by atoms with Crippen molar-refractivity contribution < 1.29 is 4.79 Å². The number of benzene rings is 1. The highest BCUT2D eigenvalue weighted by Crippen LogP contribution is 2.29. The molecule has 1 aliphatic rings. The average Bonchev–Trinajstić information content (AvgIpc) is 2.53. The molecular formula is C17H24ClNO. The fourth-order valence-electron chi connectivity index (χ4n) is 3.10. The Labute approximate surface area is 127 Å². The van der Waals surface area contributed by atoms with Crippen LogP contribution in [0.1, 0.15) is 54.9 Å². The molecule has 0 atom stereocenters. The van der Waals surface area contributed by atoms with Crippen LogP contribution < -0.4 is 0 Å². The molecule has 20 heavy (non-hydrogen) atoms. The van der Waals surface area contributed by atoms with E-state index in [2.05, 4.69) is 6.92 Å². The Morgan fingerprint density at radius 2 is 2.00 bits per heavy atom. The van der Waals surface area contributed by atoms with Crippen molar-refractivity contribution in [2.45, 2.75) is 50.9 Å². The Hall–Kier alpha value is -1.02. The molecule has 0 unspecified atom stereocenters. The Balaban J connectivity index is 2.01. The molecule has 3 heteroatoms. The summed E-state index contributed by atoms with van der Waals surface area (Å²) in [5, 5.41) is 0. The molecular weight excluding hydrogens is 270 g/mol. The first-order valence-electron chi connectivity index (χ1n) is 7.57. The third-order valence-electron chi connectivity index (χ3n) is 4.59. The van der Waals surface area contributed by atoms with Gasteiger partial charge in [0.25, 0.3) is 5.91 Å². The second-order valence-electron chi connectivity index (χ2n) is 5.83. The Kier molecular flexibility index (Phi) is 5.47. The third-order valence-corrected chi connectivity index (χ3v) is 4.90. The Morgan fingerprint density at radius 3 is 2.60 bits per heavy atom. The smallest absolute Gasteiger partial charge is 0.253 e. The molecule has 0 bridgehead atoms. The maximum Gasteiger partial charge on any atom is 0.253 e. The van der Waals surface area contributed by atoms with Gasteiger partial charge in [0, 0.05) is 24.5 Å². The summed E-state index contributed by atoms with van der Waals surface area (Å²) < 4.78 is 0. The number of carbonyl (C=O) groups excluding carboxylic acids is 1. The van der Waals surface area contributed by atoms with E-state index >= 15 is 0 Å². The number of amides is 1. The first-order chi connectivity index (χ1) is 9.65. The minimum absolute atomic E-state index is 0.122. The first-order valence-corrected chi connectivity index (χ1v) is 8.11. The maximum absolute atomic E-state index is 12.5. The zero-order chi connectivity index (χ0) is 14.5. The van der Waals surface area contributed by atoms with Crippen molar-refractivity contribution in [3.63, 3.8) is 0 Å². The summed E-state index contributed by atoms with van der Waals surface area (Å²) in [4.78, 5) is 14.5. The summed E-state index contributed by atoms with van der Waals surface area (Å²) in [5.74, 6) is 1.43. The molecule has 2 rings (SSSR count). The van der Waals surface area contributed by atoms with Gasteiger partial charge in [0.2, 0.25) is 0 Å². The van der Waals surface area contributed by atoms with Crippen LogP contribution in [0.4, 0.5) is 0 Å². The van der Waals surface area contributed by atoms with E-state index in [0.717, 1.165) is 29.9 Å². The molecule has 0 spiro atoms. The highest BCUT2D eigenvalue weighted by Gasteiger charge is 2.26. The molecule has 0 radical (unpaired) electrons. The number of carbonyl (C=O) groups is 1. The highest BCUT2D eigenvalue weighted by atomic mass is 35.5. The van der Waals surface area contributed by atoms with Crippen LogP contribution >= 0.6 is 11.6 Å². The van der Waals surface area contributed by atoms with Crippen LogP contribution in [0, 0.1) is 5.92 Å². The summed E-state index contributed by atoms with van der Waals surface area (Å²) in [6, 6.07) is 8.05. The topological polar surface area (TPSA) is 20.3 Å². The summed E-state index contributed by atoms with van der Waals surface area (Å²) >= 11 is 5.84. The van der Waals surface area contributed by atoms with E-state index in [1.807, 2.05) is 36.2 Å². The van der Waals surface area contributed by atoms with Crippen molar-refractivity contribution in [2.75, 3.05) is 7.05 Å². The average molecular weight is 294 g/mol. The SMILES string of the molecule is CCC1CCC(N(C)C(=O)c2cccc(CCl)c2)CC1. The van der Waals surface area contributed by atoms with Crippen LogP contribution in [0.2, 0.25) is 0 Å². The van der Waals surface area contributed by atoms with Crippen LogP contribution in [-0.4, -0.2) is 23.9 Å². The van der Waals surface area contributed by atoms with Crippen LogP contribution in [0.5, 0.6) is 0 Å².